The molecule has 0 aromatic heterocycles. The molecule has 0 aliphatic heterocycles. The quantitative estimate of drug-likeness (QED) is 0.751. The molecule has 1 unspecified atom stereocenters. The smallest absolute Gasteiger partial charge is 0.326 e. The molecule has 1 rings (SSSR count). The summed E-state index contributed by atoms with van der Waals surface area (Å²) in [5.74, 6) is -5.83. The Morgan fingerprint density at radius 1 is 1.14 bits per heavy atom. The lowest BCUT2D eigenvalue weighted by Gasteiger charge is -2.27. The van der Waals surface area contributed by atoms with Crippen molar-refractivity contribution < 1.29 is 27.9 Å². The highest BCUT2D eigenvalue weighted by Gasteiger charge is 2.32. The van der Waals surface area contributed by atoms with Crippen LogP contribution in [0, 0.1) is 22.9 Å². The van der Waals surface area contributed by atoms with Crippen molar-refractivity contribution in [2.45, 2.75) is 26.8 Å². The maximum atomic E-state index is 13.0. The molecule has 0 heterocycles. The van der Waals surface area contributed by atoms with E-state index in [1.807, 2.05) is 5.32 Å². The van der Waals surface area contributed by atoms with Gasteiger partial charge in [-0.25, -0.2) is 22.8 Å². The lowest BCUT2D eigenvalue weighted by molar-refractivity contribution is -0.141. The van der Waals surface area contributed by atoms with Crippen LogP contribution in [0.4, 0.5) is 23.7 Å². The van der Waals surface area contributed by atoms with Crippen LogP contribution in [-0.2, 0) is 4.79 Å². The minimum atomic E-state index is -1.65. The van der Waals surface area contributed by atoms with Crippen LogP contribution < -0.4 is 10.6 Å². The monoisotopic (exact) mass is 304 g/mol. The maximum absolute atomic E-state index is 13.0. The Labute approximate surface area is 119 Å². The van der Waals surface area contributed by atoms with E-state index in [9.17, 15) is 22.8 Å². The second kappa shape index (κ2) is 6.02. The normalized spacial score (nSPS) is 12.7. The number of hydrogen-bond donors (Lipinski definition) is 3. The molecule has 3 N–H and O–H groups in total. The van der Waals surface area contributed by atoms with Gasteiger partial charge in [0.15, 0.2) is 17.5 Å². The number of carbonyl (C=O) groups excluding carboxylic acids is 1. The first-order valence-corrected chi connectivity index (χ1v) is 5.97. The van der Waals surface area contributed by atoms with E-state index in [2.05, 4.69) is 5.32 Å². The second-order valence-corrected chi connectivity index (χ2v) is 5.49. The number of halogens is 3. The van der Waals surface area contributed by atoms with E-state index in [4.69, 9.17) is 5.11 Å². The molecule has 0 aliphatic rings. The largest absolute Gasteiger partial charge is 0.480 e. The highest BCUT2D eigenvalue weighted by atomic mass is 19.2. The third kappa shape index (κ3) is 4.37. The zero-order valence-electron chi connectivity index (χ0n) is 11.6. The number of amides is 2. The van der Waals surface area contributed by atoms with E-state index < -0.39 is 40.9 Å². The van der Waals surface area contributed by atoms with Crippen LogP contribution >= 0.6 is 0 Å². The highest BCUT2D eigenvalue weighted by molar-refractivity contribution is 5.92. The lowest BCUT2D eigenvalue weighted by atomic mass is 9.87. The van der Waals surface area contributed by atoms with Crippen molar-refractivity contribution in [1.82, 2.24) is 5.32 Å². The van der Waals surface area contributed by atoms with Gasteiger partial charge < -0.3 is 15.7 Å². The van der Waals surface area contributed by atoms with Gasteiger partial charge >= 0.3 is 12.0 Å². The Hall–Kier alpha value is -2.25. The molecule has 116 valence electrons. The molecule has 2 amide bonds. The predicted molar refractivity (Wildman–Crippen MR) is 69.3 cm³/mol. The summed E-state index contributed by atoms with van der Waals surface area (Å²) in [6.07, 6.45) is 0. The molecule has 8 heteroatoms. The van der Waals surface area contributed by atoms with Crippen molar-refractivity contribution in [3.63, 3.8) is 0 Å². The number of nitrogens with one attached hydrogen (secondary N) is 2. The number of rotatable bonds is 3. The zero-order valence-corrected chi connectivity index (χ0v) is 11.6. The molecule has 0 radical (unpaired) electrons. The van der Waals surface area contributed by atoms with E-state index in [1.165, 1.54) is 0 Å². The van der Waals surface area contributed by atoms with E-state index in [0.717, 1.165) is 0 Å². The molecule has 21 heavy (non-hydrogen) atoms. The number of hydrogen-bond acceptors (Lipinski definition) is 2. The fraction of sp³-hybridized carbons (Fsp3) is 0.385. The van der Waals surface area contributed by atoms with Crippen LogP contribution in [0.3, 0.4) is 0 Å². The van der Waals surface area contributed by atoms with Gasteiger partial charge in [0.05, 0.1) is 0 Å². The molecule has 5 nitrogen and oxygen atoms in total. The third-order valence-electron chi connectivity index (χ3n) is 2.63. The lowest BCUT2D eigenvalue weighted by Crippen LogP contribution is -2.50. The van der Waals surface area contributed by atoms with Crippen LogP contribution in [0.2, 0.25) is 0 Å². The Bertz CT molecular complexity index is 547. The summed E-state index contributed by atoms with van der Waals surface area (Å²) in [5.41, 5.74) is -1.11. The Morgan fingerprint density at radius 2 is 1.62 bits per heavy atom. The van der Waals surface area contributed by atoms with Gasteiger partial charge in [-0.1, -0.05) is 20.8 Å². The average Bonchev–Trinajstić information content (AvgIpc) is 2.31. The second-order valence-electron chi connectivity index (χ2n) is 5.49. The molecule has 0 fully saturated rings. The summed E-state index contributed by atoms with van der Waals surface area (Å²) in [6, 6.07) is -1.01. The first-order chi connectivity index (χ1) is 9.52. The molecule has 0 bridgehead atoms. The number of carboxylic acid groups (broad SMARTS) is 1. The SMILES string of the molecule is CC(C)(C)C(NC(=O)Nc1cc(F)c(F)c(F)c1)C(=O)O. The molecule has 0 saturated heterocycles. The molecule has 1 atom stereocenters. The summed E-state index contributed by atoms with van der Waals surface area (Å²) in [7, 11) is 0. The van der Waals surface area contributed by atoms with Gasteiger partial charge in [-0.05, 0) is 5.41 Å². The van der Waals surface area contributed by atoms with Crippen molar-refractivity contribution >= 4 is 17.7 Å². The van der Waals surface area contributed by atoms with Gasteiger partial charge in [0, 0.05) is 17.8 Å². The minimum absolute atomic E-state index is 0.332. The Kier molecular flexibility index (Phi) is 4.82. The van der Waals surface area contributed by atoms with Crippen LogP contribution in [0.25, 0.3) is 0 Å². The van der Waals surface area contributed by atoms with Gasteiger partial charge in [0.1, 0.15) is 6.04 Å². The minimum Gasteiger partial charge on any atom is -0.480 e. The summed E-state index contributed by atoms with van der Waals surface area (Å²) in [4.78, 5) is 22.7. The van der Waals surface area contributed by atoms with Crippen molar-refractivity contribution in [3.8, 4) is 0 Å². The number of benzene rings is 1. The first-order valence-electron chi connectivity index (χ1n) is 5.97. The van der Waals surface area contributed by atoms with Crippen LogP contribution in [0.1, 0.15) is 20.8 Å². The molecular formula is C13H15F3N2O3. The number of urea groups is 1. The summed E-state index contributed by atoms with van der Waals surface area (Å²) in [5, 5.41) is 13.3. The number of carboxylic acids is 1. The van der Waals surface area contributed by atoms with Gasteiger partial charge in [-0.15, -0.1) is 0 Å². The van der Waals surface area contributed by atoms with Crippen LogP contribution in [-0.4, -0.2) is 23.1 Å². The van der Waals surface area contributed by atoms with E-state index in [-0.39, 0.29) is 5.69 Å². The maximum Gasteiger partial charge on any atom is 0.326 e. The summed E-state index contributed by atoms with van der Waals surface area (Å²) in [6.45, 7) is 4.80. The molecule has 0 spiro atoms. The van der Waals surface area contributed by atoms with E-state index in [1.54, 1.807) is 20.8 Å². The Balaban J connectivity index is 2.85. The number of anilines is 1. The fourth-order valence-corrected chi connectivity index (χ4v) is 1.57. The summed E-state index contributed by atoms with van der Waals surface area (Å²) < 4.78 is 38.7. The topological polar surface area (TPSA) is 78.4 Å². The molecule has 1 aromatic rings. The standard InChI is InChI=1S/C13H15F3N2O3/c1-13(2,3)10(11(19)20)18-12(21)17-6-4-7(14)9(16)8(15)5-6/h4-5,10H,1-3H3,(H,19,20)(H2,17,18,21). The fourth-order valence-electron chi connectivity index (χ4n) is 1.57. The van der Waals surface area contributed by atoms with Crippen molar-refractivity contribution in [2.75, 3.05) is 5.32 Å². The zero-order chi connectivity index (χ0) is 16.4. The van der Waals surface area contributed by atoms with Gasteiger partial charge in [0.2, 0.25) is 0 Å². The Morgan fingerprint density at radius 3 is 2.00 bits per heavy atom. The van der Waals surface area contributed by atoms with Gasteiger partial charge in [-0.3, -0.25) is 0 Å². The molecular weight excluding hydrogens is 289 g/mol. The van der Waals surface area contributed by atoms with Gasteiger partial charge in [-0.2, -0.15) is 0 Å². The first kappa shape index (κ1) is 16.8. The predicted octanol–water partition coefficient (Wildman–Crippen LogP) is 2.72. The van der Waals surface area contributed by atoms with Crippen molar-refractivity contribution in [1.29, 1.82) is 0 Å². The van der Waals surface area contributed by atoms with Crippen molar-refractivity contribution in [2.24, 2.45) is 5.41 Å². The molecule has 0 aliphatic carbocycles. The molecule has 0 saturated carbocycles. The number of carbonyl (C=O) groups is 2. The van der Waals surface area contributed by atoms with Gasteiger partial charge in [0.25, 0.3) is 0 Å². The van der Waals surface area contributed by atoms with Crippen LogP contribution in [0.5, 0.6) is 0 Å². The highest BCUT2D eigenvalue weighted by Crippen LogP contribution is 2.20. The average molecular weight is 304 g/mol. The van der Waals surface area contributed by atoms with Crippen molar-refractivity contribution in [3.05, 3.63) is 29.6 Å². The van der Waals surface area contributed by atoms with E-state index >= 15 is 0 Å². The van der Waals surface area contributed by atoms with E-state index in [0.29, 0.717) is 12.1 Å². The summed E-state index contributed by atoms with van der Waals surface area (Å²) >= 11 is 0. The number of aliphatic carboxylic acids is 1. The third-order valence-corrected chi connectivity index (χ3v) is 2.63. The molecule has 1 aromatic carbocycles. The van der Waals surface area contributed by atoms with Crippen LogP contribution in [0.15, 0.2) is 12.1 Å².